The zero-order valence-electron chi connectivity index (χ0n) is 29.6. The van der Waals surface area contributed by atoms with Crippen LogP contribution in [0, 0.1) is 0 Å². The first kappa shape index (κ1) is 40.7. The summed E-state index contributed by atoms with van der Waals surface area (Å²) >= 11 is 3.82. The molecule has 2 heterocycles. The molecule has 0 spiro atoms. The largest absolute Gasteiger partial charge is 4.00 e. The van der Waals surface area contributed by atoms with E-state index in [-0.39, 0.29) is 51.0 Å². The smallest absolute Gasteiger partial charge is 1.00 e. The molecule has 256 valence electrons. The van der Waals surface area contributed by atoms with Crippen molar-refractivity contribution in [2.75, 3.05) is 0 Å². The van der Waals surface area contributed by atoms with Crippen molar-refractivity contribution in [3.8, 4) is 43.1 Å². The minimum absolute atomic E-state index is 0. The van der Waals surface area contributed by atoms with Gasteiger partial charge in [-0.3, -0.25) is 0 Å². The molecule has 8 aromatic rings. The normalized spacial score (nSPS) is 10.6. The Morgan fingerprint density at radius 1 is 0.451 bits per heavy atom. The van der Waals surface area contributed by atoms with Gasteiger partial charge in [0, 0.05) is 0 Å². The third-order valence-corrected chi connectivity index (χ3v) is 12.0. The monoisotopic (exact) mass is 818 g/mol. The molecule has 5 heteroatoms. The Hall–Kier alpha value is -3.04. The van der Waals surface area contributed by atoms with E-state index in [1.54, 1.807) is 0 Å². The van der Waals surface area contributed by atoms with Crippen molar-refractivity contribution >= 4 is 44.2 Å². The summed E-state index contributed by atoms with van der Waals surface area (Å²) in [4.78, 5) is 5.64. The van der Waals surface area contributed by atoms with E-state index in [2.05, 4.69) is 161 Å². The average molecular weight is 821 g/mol. The molecule has 2 aromatic heterocycles. The van der Waals surface area contributed by atoms with Crippen LogP contribution >= 0.6 is 22.7 Å². The minimum Gasteiger partial charge on any atom is -1.00 e. The minimum atomic E-state index is 0. The first-order valence-electron chi connectivity index (χ1n) is 17.3. The van der Waals surface area contributed by atoms with Crippen LogP contribution in [0.15, 0.2) is 133 Å². The van der Waals surface area contributed by atoms with Gasteiger partial charge in [-0.25, -0.2) is 0 Å². The molecule has 6 aromatic carbocycles. The van der Waals surface area contributed by atoms with Gasteiger partial charge >= 0.3 is 26.2 Å². The van der Waals surface area contributed by atoms with Crippen molar-refractivity contribution in [2.24, 2.45) is 0 Å². The van der Waals surface area contributed by atoms with Gasteiger partial charge in [0.2, 0.25) is 0 Å². The molecule has 0 N–H and O–H groups in total. The molecule has 0 aliphatic rings. The molecule has 51 heavy (non-hydrogen) atoms. The van der Waals surface area contributed by atoms with Crippen molar-refractivity contribution in [1.82, 2.24) is 0 Å². The van der Waals surface area contributed by atoms with E-state index in [1.807, 2.05) is 22.7 Å². The van der Waals surface area contributed by atoms with Gasteiger partial charge in [-0.05, 0) is 67.4 Å². The third-order valence-electron chi connectivity index (χ3n) is 9.44. The van der Waals surface area contributed by atoms with E-state index < -0.39 is 0 Å². The topological polar surface area (TPSA) is 0 Å². The number of rotatable bonds is 8. The molecule has 0 aliphatic heterocycles. The van der Waals surface area contributed by atoms with Crippen LogP contribution in [0.2, 0.25) is 0 Å². The Labute approximate surface area is 343 Å². The van der Waals surface area contributed by atoms with Crippen LogP contribution in [0.25, 0.3) is 64.7 Å². The van der Waals surface area contributed by atoms with E-state index in [1.165, 1.54) is 85.6 Å². The maximum absolute atomic E-state index is 2.35. The van der Waals surface area contributed by atoms with Crippen LogP contribution in [0.3, 0.4) is 0 Å². The molecule has 0 nitrogen and oxygen atoms in total. The molecule has 0 atom stereocenters. The molecule has 0 saturated heterocycles. The second-order valence-electron chi connectivity index (χ2n) is 12.4. The summed E-state index contributed by atoms with van der Waals surface area (Å²) < 4.78 is 0. The molecular weight excluding hydrogens is 779 g/mol. The summed E-state index contributed by atoms with van der Waals surface area (Å²) in [6.07, 6.45) is 4.39. The van der Waals surface area contributed by atoms with E-state index in [4.69, 9.17) is 0 Å². The van der Waals surface area contributed by atoms with Crippen LogP contribution < -0.4 is 24.8 Å². The van der Waals surface area contributed by atoms with Crippen LogP contribution in [0.5, 0.6) is 0 Å². The molecule has 0 aliphatic carbocycles. The van der Waals surface area contributed by atoms with E-state index in [0.717, 1.165) is 25.7 Å². The van der Waals surface area contributed by atoms with Crippen molar-refractivity contribution in [3.05, 3.63) is 154 Å². The summed E-state index contributed by atoms with van der Waals surface area (Å²) in [5.74, 6) is 0. The van der Waals surface area contributed by atoms with Gasteiger partial charge < -0.3 is 24.8 Å². The molecule has 0 fully saturated rings. The molecule has 0 amide bonds. The van der Waals surface area contributed by atoms with Crippen LogP contribution in [0.4, 0.5) is 0 Å². The van der Waals surface area contributed by atoms with Gasteiger partial charge in [0.25, 0.3) is 0 Å². The van der Waals surface area contributed by atoms with Gasteiger partial charge in [-0.15, -0.1) is 69.1 Å². The first-order chi connectivity index (χ1) is 23.6. The number of thiophene rings is 2. The summed E-state index contributed by atoms with van der Waals surface area (Å²) in [6, 6.07) is 49.6. The average Bonchev–Trinajstić information content (AvgIpc) is 3.97. The number of benzene rings is 4. The fraction of sp³-hybridized carbons (Fsp3) is 0.174. The number of halogens is 2. The van der Waals surface area contributed by atoms with Gasteiger partial charge in [0.15, 0.2) is 0 Å². The number of hydrogen-bond acceptors (Lipinski definition) is 2. The van der Waals surface area contributed by atoms with E-state index in [0.29, 0.717) is 0 Å². The standard InChI is InChI=1S/2C23H21S.2ClH.Zr/c2*1-3-16-8-10-17(11-9-16)21-7-5-6-18-14-19(15-22(18)21)23-13-12-20(4-2)24-23;;;/h2*5-15H,3-4H2,1-2H3;2*1H;/q2*-1;;;+4/p-2. The van der Waals surface area contributed by atoms with Crippen molar-refractivity contribution in [2.45, 2.75) is 53.4 Å². The second-order valence-corrected chi connectivity index (χ2v) is 14.8. The van der Waals surface area contributed by atoms with Crippen LogP contribution in [0.1, 0.15) is 48.6 Å². The molecule has 8 rings (SSSR count). The third kappa shape index (κ3) is 8.96. The quantitative estimate of drug-likeness (QED) is 0.136. The summed E-state index contributed by atoms with van der Waals surface area (Å²) in [5.41, 5.74) is 10.7. The summed E-state index contributed by atoms with van der Waals surface area (Å²) in [7, 11) is 0. The molecule has 0 unspecified atom stereocenters. The molecule has 0 saturated carbocycles. The Kier molecular flexibility index (Phi) is 14.9. The van der Waals surface area contributed by atoms with Gasteiger partial charge in [-0.2, -0.15) is 22.7 Å². The van der Waals surface area contributed by atoms with E-state index in [9.17, 15) is 0 Å². The van der Waals surface area contributed by atoms with E-state index >= 15 is 0 Å². The molecule has 0 radical (unpaired) electrons. The first-order valence-corrected chi connectivity index (χ1v) is 19.0. The van der Waals surface area contributed by atoms with Crippen LogP contribution in [-0.4, -0.2) is 0 Å². The molecule has 0 bridgehead atoms. The van der Waals surface area contributed by atoms with Crippen LogP contribution in [-0.2, 0) is 51.9 Å². The predicted octanol–water partition coefficient (Wildman–Crippen LogP) is 8.16. The number of fused-ring (bicyclic) bond motifs is 2. The Bertz CT molecular complexity index is 2120. The second kappa shape index (κ2) is 18.6. The number of aryl methyl sites for hydroxylation is 4. The Morgan fingerprint density at radius 2 is 0.843 bits per heavy atom. The predicted molar refractivity (Wildman–Crippen MR) is 214 cm³/mol. The zero-order valence-corrected chi connectivity index (χ0v) is 35.2. The van der Waals surface area contributed by atoms with Crippen molar-refractivity contribution in [1.29, 1.82) is 0 Å². The fourth-order valence-corrected chi connectivity index (χ4v) is 8.41. The van der Waals surface area contributed by atoms with Gasteiger partial charge in [0.1, 0.15) is 0 Å². The Morgan fingerprint density at radius 3 is 1.18 bits per heavy atom. The number of hydrogen-bond donors (Lipinski definition) is 0. The maximum atomic E-state index is 2.35. The van der Waals surface area contributed by atoms with Gasteiger partial charge in [0.05, 0.1) is 0 Å². The maximum Gasteiger partial charge on any atom is 4.00 e. The Balaban J connectivity index is 0.000000216. The zero-order chi connectivity index (χ0) is 33.0. The van der Waals surface area contributed by atoms with Gasteiger partial charge in [-0.1, -0.05) is 136 Å². The van der Waals surface area contributed by atoms with Crippen molar-refractivity contribution in [3.63, 3.8) is 0 Å². The SMILES string of the molecule is CCc1ccc(-c2cccc3[cH-]c(-c4ccc(CC)s4)cc23)cc1.CCc1ccc(-c2cccc3[cH-]c(-c4ccc(CC)s4)cc23)cc1.[Cl-].[Cl-].[Zr+4]. The molecular formula is C46H42Cl2S2Zr. The summed E-state index contributed by atoms with van der Waals surface area (Å²) in [5, 5.41) is 5.36. The summed E-state index contributed by atoms with van der Waals surface area (Å²) in [6.45, 7) is 8.83. The fourth-order valence-electron chi connectivity index (χ4n) is 6.54. The van der Waals surface area contributed by atoms with Crippen molar-refractivity contribution < 1.29 is 51.0 Å².